The fraction of sp³-hybridized carbons (Fsp3) is 0. The van der Waals surface area contributed by atoms with Crippen LogP contribution in [0.5, 0.6) is 0 Å². The molecule has 0 aromatic rings. The molecule has 0 saturated carbocycles. The van der Waals surface area contributed by atoms with Gasteiger partial charge in [0.2, 0.25) is 0 Å². The van der Waals surface area contributed by atoms with Gasteiger partial charge in [0.25, 0.3) is 0 Å². The van der Waals surface area contributed by atoms with Crippen molar-refractivity contribution in [3.05, 3.63) is 0 Å². The molecule has 0 aliphatic carbocycles. The maximum atomic E-state index is 8.00. The van der Waals surface area contributed by atoms with Gasteiger partial charge < -0.3 is 76.7 Å². The van der Waals surface area contributed by atoms with Gasteiger partial charge in [-0.25, -0.2) is 0 Å². The molecule has 0 fully saturated rings. The van der Waals surface area contributed by atoms with Crippen LogP contribution >= 0.6 is 0 Å². The Hall–Kier alpha value is -4.77. The summed E-state index contributed by atoms with van der Waals surface area (Å²) in [6.07, 6.45) is 0. The van der Waals surface area contributed by atoms with E-state index in [2.05, 4.69) is 0 Å². The Morgan fingerprint density at radius 1 is 0.121 bits per heavy atom. The van der Waals surface area contributed by atoms with Gasteiger partial charge in [0.05, 0.1) is 0 Å². The largest absolute Gasteiger partial charge is 0.307 e. The van der Waals surface area contributed by atoms with Crippen LogP contribution in [-0.4, -0.2) is 109 Å². The molecular formula is C16H32CoO16. The van der Waals surface area contributed by atoms with Crippen LogP contribution in [0.2, 0.25) is 0 Å². The zero-order valence-electron chi connectivity index (χ0n) is 18.2. The molecule has 1 radical (unpaired) electrons. The first-order chi connectivity index (χ1) is 16.0. The van der Waals surface area contributed by atoms with Crippen LogP contribution in [0, 0.1) is 0 Å². The summed E-state index contributed by atoms with van der Waals surface area (Å²) in [6.45, 7) is 32.0. The zero-order chi connectivity index (χ0) is 32.0. The van der Waals surface area contributed by atoms with Crippen LogP contribution in [0.3, 0.4) is 0 Å². The summed E-state index contributed by atoms with van der Waals surface area (Å²) < 4.78 is 0. The average Bonchev–Trinajstić information content (AvgIpc) is 3.05. The van der Waals surface area contributed by atoms with E-state index in [4.69, 9.17) is 76.7 Å². The maximum absolute atomic E-state index is 8.00. The van der Waals surface area contributed by atoms with Gasteiger partial charge in [0.1, 0.15) is 109 Å². The Labute approximate surface area is 202 Å². The van der Waals surface area contributed by atoms with Gasteiger partial charge in [-0.1, -0.05) is 0 Å². The minimum atomic E-state index is 0. The first-order valence-electron chi connectivity index (χ1n) is 4.62. The van der Waals surface area contributed by atoms with Crippen LogP contribution in [-0.2, 0) is 93.5 Å². The second-order valence-corrected chi connectivity index (χ2v) is 0. The summed E-state index contributed by atoms with van der Waals surface area (Å²) >= 11 is 0. The molecule has 201 valence electrons. The molecule has 0 heterocycles. The Morgan fingerprint density at radius 2 is 0.121 bits per heavy atom. The fourth-order valence-electron chi connectivity index (χ4n) is 0. The third-order valence-corrected chi connectivity index (χ3v) is 0. The summed E-state index contributed by atoms with van der Waals surface area (Å²) in [5.41, 5.74) is 0. The Balaban J connectivity index is -0.00000000551. The average molecular weight is 539 g/mol. The molecule has 0 aliphatic heterocycles. The Bertz CT molecular complexity index is 102. The second-order valence-electron chi connectivity index (χ2n) is 0. The van der Waals surface area contributed by atoms with Gasteiger partial charge in [0, 0.05) is 16.8 Å². The van der Waals surface area contributed by atoms with Gasteiger partial charge in [0.15, 0.2) is 0 Å². The SMILES string of the molecule is C=O.C=O.C=O.C=O.C=O.C=O.C=O.C=O.C=O.C=O.C=O.C=O.C=O.C=O.C=O.C=O.[Co]. The van der Waals surface area contributed by atoms with Crippen molar-refractivity contribution in [2.45, 2.75) is 0 Å². The van der Waals surface area contributed by atoms with Crippen LogP contribution < -0.4 is 0 Å². The van der Waals surface area contributed by atoms with Crippen molar-refractivity contribution in [3.63, 3.8) is 0 Å². The Morgan fingerprint density at radius 3 is 0.121 bits per heavy atom. The molecule has 33 heavy (non-hydrogen) atoms. The number of hydrogen-bond acceptors (Lipinski definition) is 16. The van der Waals surface area contributed by atoms with E-state index in [1.807, 2.05) is 109 Å². The van der Waals surface area contributed by atoms with E-state index >= 15 is 0 Å². The molecule has 0 aliphatic rings. The van der Waals surface area contributed by atoms with E-state index in [0.717, 1.165) is 0 Å². The standard InChI is InChI=1S/16CH2O.Co/c16*1-2;/h16*1H2;. The van der Waals surface area contributed by atoms with Crippen molar-refractivity contribution >= 4 is 109 Å². The topological polar surface area (TPSA) is 273 Å². The van der Waals surface area contributed by atoms with Crippen molar-refractivity contribution in [3.8, 4) is 0 Å². The molecular weight excluding hydrogens is 507 g/mol. The predicted octanol–water partition coefficient (Wildman–Crippen LogP) is -2.96. The van der Waals surface area contributed by atoms with E-state index in [1.54, 1.807) is 0 Å². The van der Waals surface area contributed by atoms with E-state index in [1.165, 1.54) is 0 Å². The molecule has 0 unspecified atom stereocenters. The molecule has 0 spiro atoms. The zero-order valence-corrected chi connectivity index (χ0v) is 19.2. The van der Waals surface area contributed by atoms with Crippen molar-refractivity contribution < 1.29 is 93.5 Å². The number of carbonyl (C=O) groups is 16. The molecule has 0 rings (SSSR count). The van der Waals surface area contributed by atoms with E-state index in [0.29, 0.717) is 0 Å². The minimum absolute atomic E-state index is 0. The molecule has 0 aromatic heterocycles. The van der Waals surface area contributed by atoms with Crippen LogP contribution in [0.15, 0.2) is 0 Å². The quantitative estimate of drug-likeness (QED) is 0.297. The van der Waals surface area contributed by atoms with Gasteiger partial charge in [-0.2, -0.15) is 0 Å². The minimum Gasteiger partial charge on any atom is -0.307 e. The molecule has 0 amide bonds. The Kier molecular flexibility index (Phi) is 4130. The van der Waals surface area contributed by atoms with Crippen LogP contribution in [0.4, 0.5) is 0 Å². The smallest absolute Gasteiger partial charge is 0.106 e. The van der Waals surface area contributed by atoms with Crippen molar-refractivity contribution in [1.82, 2.24) is 0 Å². The van der Waals surface area contributed by atoms with Crippen molar-refractivity contribution in [2.75, 3.05) is 0 Å². The number of carbonyl (C=O) groups excluding carboxylic acids is 16. The summed E-state index contributed by atoms with van der Waals surface area (Å²) in [5, 5.41) is 0. The van der Waals surface area contributed by atoms with Crippen molar-refractivity contribution in [1.29, 1.82) is 0 Å². The van der Waals surface area contributed by atoms with Gasteiger partial charge in [-0.15, -0.1) is 0 Å². The molecule has 0 N–H and O–H groups in total. The third kappa shape index (κ3) is 760. The summed E-state index contributed by atoms with van der Waals surface area (Å²) in [7, 11) is 0. The van der Waals surface area contributed by atoms with Crippen LogP contribution in [0.1, 0.15) is 0 Å². The molecule has 16 nitrogen and oxygen atoms in total. The molecule has 0 atom stereocenters. The second kappa shape index (κ2) is 822. The molecule has 0 aromatic carbocycles. The number of rotatable bonds is 0. The summed E-state index contributed by atoms with van der Waals surface area (Å²) in [6, 6.07) is 0. The first-order valence-corrected chi connectivity index (χ1v) is 4.62. The summed E-state index contributed by atoms with van der Waals surface area (Å²) in [5.74, 6) is 0. The van der Waals surface area contributed by atoms with Crippen molar-refractivity contribution in [2.24, 2.45) is 0 Å². The van der Waals surface area contributed by atoms with E-state index in [-0.39, 0.29) is 16.8 Å². The molecule has 0 saturated heterocycles. The monoisotopic (exact) mass is 539 g/mol. The molecule has 0 bridgehead atoms. The maximum Gasteiger partial charge on any atom is 0.106 e. The van der Waals surface area contributed by atoms with Gasteiger partial charge in [-0.05, 0) is 0 Å². The van der Waals surface area contributed by atoms with Gasteiger partial charge in [-0.3, -0.25) is 0 Å². The van der Waals surface area contributed by atoms with Crippen LogP contribution in [0.25, 0.3) is 0 Å². The first kappa shape index (κ1) is 166. The normalized spacial score (nSPS) is 1.94. The third-order valence-electron chi connectivity index (χ3n) is 0. The van der Waals surface area contributed by atoms with E-state index < -0.39 is 0 Å². The fourth-order valence-corrected chi connectivity index (χ4v) is 0. The predicted molar refractivity (Wildman–Crippen MR) is 114 cm³/mol. The van der Waals surface area contributed by atoms with Gasteiger partial charge >= 0.3 is 0 Å². The number of hydrogen-bond donors (Lipinski definition) is 0. The van der Waals surface area contributed by atoms with E-state index in [9.17, 15) is 0 Å². The molecule has 17 heteroatoms. The summed E-state index contributed by atoms with van der Waals surface area (Å²) in [4.78, 5) is 128.